The van der Waals surface area contributed by atoms with Crippen LogP contribution in [0.5, 0.6) is 0 Å². The molecule has 2 aromatic rings. The number of hydrogen-bond acceptors (Lipinski definition) is 3. The summed E-state index contributed by atoms with van der Waals surface area (Å²) >= 11 is 2.13. The number of nitrogens with one attached hydrogen (secondary N) is 1. The van der Waals surface area contributed by atoms with Gasteiger partial charge in [0, 0.05) is 9.26 Å². The molecular weight excluding hydrogens is 406 g/mol. The second-order valence-corrected chi connectivity index (χ2v) is 7.52. The van der Waals surface area contributed by atoms with E-state index in [1.165, 1.54) is 13.8 Å². The van der Waals surface area contributed by atoms with Crippen molar-refractivity contribution in [3.05, 3.63) is 50.8 Å². The summed E-state index contributed by atoms with van der Waals surface area (Å²) in [6.07, 6.45) is 0. The fourth-order valence-electron chi connectivity index (χ4n) is 2.07. The third-order valence-electron chi connectivity index (χ3n) is 3.07. The highest BCUT2D eigenvalue weighted by atomic mass is 127. The number of anilines is 2. The molecule has 0 spiro atoms. The SMILES string of the molecule is Cc1cc(F)c(N)c(C)c1S(=O)(=O)Nc1ccc(I)cc1. The quantitative estimate of drug-likeness (QED) is 0.591. The minimum atomic E-state index is -3.83. The maximum absolute atomic E-state index is 13.5. The van der Waals surface area contributed by atoms with Gasteiger partial charge in [0.15, 0.2) is 0 Å². The number of rotatable bonds is 3. The van der Waals surface area contributed by atoms with E-state index in [1.54, 1.807) is 24.3 Å². The molecule has 0 aliphatic rings. The Kier molecular flexibility index (Phi) is 4.43. The first-order valence-electron chi connectivity index (χ1n) is 6.06. The van der Waals surface area contributed by atoms with Crippen LogP contribution in [0.3, 0.4) is 0 Å². The molecule has 0 saturated heterocycles. The van der Waals surface area contributed by atoms with E-state index in [0.717, 1.165) is 9.64 Å². The van der Waals surface area contributed by atoms with E-state index in [4.69, 9.17) is 5.73 Å². The molecule has 3 N–H and O–H groups in total. The summed E-state index contributed by atoms with van der Waals surface area (Å²) in [5.74, 6) is -0.613. The second kappa shape index (κ2) is 5.80. The Morgan fingerprint density at radius 2 is 1.76 bits per heavy atom. The molecule has 0 unspecified atom stereocenters. The predicted octanol–water partition coefficient (Wildman–Crippen LogP) is 3.43. The lowest BCUT2D eigenvalue weighted by atomic mass is 10.1. The van der Waals surface area contributed by atoms with E-state index in [1.807, 2.05) is 0 Å². The average Bonchev–Trinajstić information content (AvgIpc) is 2.38. The molecule has 4 nitrogen and oxygen atoms in total. The summed E-state index contributed by atoms with van der Waals surface area (Å²) in [6, 6.07) is 8.03. The lowest BCUT2D eigenvalue weighted by molar-refractivity contribution is 0.598. The molecule has 0 atom stereocenters. The zero-order chi connectivity index (χ0) is 15.8. The van der Waals surface area contributed by atoms with Gasteiger partial charge in [0.2, 0.25) is 0 Å². The molecule has 0 aliphatic heterocycles. The topological polar surface area (TPSA) is 72.2 Å². The Hall–Kier alpha value is -1.35. The van der Waals surface area contributed by atoms with Crippen LogP contribution in [0.2, 0.25) is 0 Å². The standard InChI is InChI=1S/C14H14FIN2O2S/c1-8-7-12(15)13(17)9(2)14(8)21(19,20)18-11-5-3-10(16)4-6-11/h3-7,18H,17H2,1-2H3. The summed E-state index contributed by atoms with van der Waals surface area (Å²) in [5, 5.41) is 0. The highest BCUT2D eigenvalue weighted by molar-refractivity contribution is 14.1. The van der Waals surface area contributed by atoms with Crippen LogP contribution in [0.1, 0.15) is 11.1 Å². The number of nitrogen functional groups attached to an aromatic ring is 1. The third kappa shape index (κ3) is 3.29. The molecule has 2 rings (SSSR count). The molecule has 0 amide bonds. The average molecular weight is 420 g/mol. The molecule has 0 aliphatic carbocycles. The van der Waals surface area contributed by atoms with Gasteiger partial charge in [0.1, 0.15) is 5.82 Å². The number of aryl methyl sites for hydroxylation is 1. The van der Waals surface area contributed by atoms with Crippen molar-refractivity contribution < 1.29 is 12.8 Å². The molecule has 0 aromatic heterocycles. The van der Waals surface area contributed by atoms with Crippen molar-refractivity contribution >= 4 is 44.0 Å². The molecule has 0 radical (unpaired) electrons. The van der Waals surface area contributed by atoms with Crippen molar-refractivity contribution in [3.8, 4) is 0 Å². The number of halogens is 2. The minimum absolute atomic E-state index is 0.0138. The van der Waals surface area contributed by atoms with E-state index < -0.39 is 15.8 Å². The zero-order valence-corrected chi connectivity index (χ0v) is 14.4. The van der Waals surface area contributed by atoms with Gasteiger partial charge < -0.3 is 5.73 Å². The van der Waals surface area contributed by atoms with Crippen molar-refractivity contribution in [2.45, 2.75) is 18.7 Å². The highest BCUT2D eigenvalue weighted by Gasteiger charge is 2.23. The Labute approximate surface area is 136 Å². The lowest BCUT2D eigenvalue weighted by Crippen LogP contribution is -2.17. The molecule has 112 valence electrons. The van der Waals surface area contributed by atoms with Crippen molar-refractivity contribution in [1.29, 1.82) is 0 Å². The largest absolute Gasteiger partial charge is 0.396 e. The summed E-state index contributed by atoms with van der Waals surface area (Å²) in [4.78, 5) is 0.0138. The van der Waals surface area contributed by atoms with E-state index >= 15 is 0 Å². The van der Waals surface area contributed by atoms with Crippen molar-refractivity contribution in [1.82, 2.24) is 0 Å². The molecule has 0 heterocycles. The lowest BCUT2D eigenvalue weighted by Gasteiger charge is -2.15. The van der Waals surface area contributed by atoms with Crippen LogP contribution >= 0.6 is 22.6 Å². The summed E-state index contributed by atoms with van der Waals surface area (Å²) < 4.78 is 42.0. The number of nitrogens with two attached hydrogens (primary N) is 1. The molecule has 7 heteroatoms. The Morgan fingerprint density at radius 1 is 1.19 bits per heavy atom. The fraction of sp³-hybridized carbons (Fsp3) is 0.143. The first kappa shape index (κ1) is 16.0. The number of sulfonamides is 1. The first-order valence-corrected chi connectivity index (χ1v) is 8.62. The third-order valence-corrected chi connectivity index (χ3v) is 5.46. The van der Waals surface area contributed by atoms with Crippen LogP contribution in [0.25, 0.3) is 0 Å². The van der Waals surface area contributed by atoms with Crippen LogP contribution in [-0.4, -0.2) is 8.42 Å². The second-order valence-electron chi connectivity index (χ2n) is 4.66. The Balaban J connectivity index is 2.50. The van der Waals surface area contributed by atoms with Crippen molar-refractivity contribution in [3.63, 3.8) is 0 Å². The molecule has 21 heavy (non-hydrogen) atoms. The minimum Gasteiger partial charge on any atom is -0.396 e. The molecule has 0 saturated carbocycles. The number of hydrogen-bond donors (Lipinski definition) is 2. The van der Waals surface area contributed by atoms with Gasteiger partial charge in [0.25, 0.3) is 10.0 Å². The van der Waals surface area contributed by atoms with Gasteiger partial charge in [-0.1, -0.05) is 0 Å². The summed E-state index contributed by atoms with van der Waals surface area (Å²) in [6.45, 7) is 3.03. The Bertz CT molecular complexity index is 790. The van der Waals surface area contributed by atoms with Crippen molar-refractivity contribution in [2.24, 2.45) is 0 Å². The summed E-state index contributed by atoms with van der Waals surface area (Å²) in [5.41, 5.74) is 6.42. The van der Waals surface area contributed by atoms with Crippen molar-refractivity contribution in [2.75, 3.05) is 10.5 Å². The zero-order valence-electron chi connectivity index (χ0n) is 11.4. The highest BCUT2D eigenvalue weighted by Crippen LogP contribution is 2.29. The molecular formula is C14H14FIN2O2S. The van der Waals surface area contributed by atoms with Gasteiger partial charge in [0.05, 0.1) is 10.6 Å². The van der Waals surface area contributed by atoms with Gasteiger partial charge >= 0.3 is 0 Å². The van der Waals surface area contributed by atoms with Crippen LogP contribution in [0, 0.1) is 23.2 Å². The van der Waals surface area contributed by atoms with E-state index in [9.17, 15) is 12.8 Å². The fourth-order valence-corrected chi connectivity index (χ4v) is 3.97. The smallest absolute Gasteiger partial charge is 0.262 e. The van der Waals surface area contributed by atoms with Crippen LogP contribution in [0.4, 0.5) is 15.8 Å². The van der Waals surface area contributed by atoms with E-state index in [2.05, 4.69) is 27.3 Å². The van der Waals surface area contributed by atoms with E-state index in [-0.39, 0.29) is 16.1 Å². The molecule has 2 aromatic carbocycles. The van der Waals surface area contributed by atoms with Crippen LogP contribution < -0.4 is 10.5 Å². The normalized spacial score (nSPS) is 11.4. The number of benzene rings is 2. The van der Waals surface area contributed by atoms with Gasteiger partial charge in [-0.25, -0.2) is 12.8 Å². The first-order chi connectivity index (χ1) is 9.72. The van der Waals surface area contributed by atoms with E-state index in [0.29, 0.717) is 11.3 Å². The van der Waals surface area contributed by atoms with Crippen LogP contribution in [0.15, 0.2) is 35.2 Å². The Morgan fingerprint density at radius 3 is 2.33 bits per heavy atom. The molecule has 0 fully saturated rings. The van der Waals surface area contributed by atoms with Gasteiger partial charge in [-0.3, -0.25) is 4.72 Å². The maximum Gasteiger partial charge on any atom is 0.262 e. The monoisotopic (exact) mass is 420 g/mol. The van der Waals surface area contributed by atoms with Gasteiger partial charge in [-0.05, 0) is 77.9 Å². The van der Waals surface area contributed by atoms with Gasteiger partial charge in [-0.2, -0.15) is 0 Å². The van der Waals surface area contributed by atoms with Crippen LogP contribution in [-0.2, 0) is 10.0 Å². The predicted molar refractivity (Wildman–Crippen MR) is 90.3 cm³/mol. The summed E-state index contributed by atoms with van der Waals surface area (Å²) in [7, 11) is -3.83. The maximum atomic E-state index is 13.5. The van der Waals surface area contributed by atoms with Gasteiger partial charge in [-0.15, -0.1) is 0 Å². The molecule has 0 bridgehead atoms.